The summed E-state index contributed by atoms with van der Waals surface area (Å²) < 4.78 is 0. The van der Waals surface area contributed by atoms with E-state index >= 15 is 0 Å². The minimum absolute atomic E-state index is 0.00383. The van der Waals surface area contributed by atoms with E-state index in [1.54, 1.807) is 6.07 Å². The van der Waals surface area contributed by atoms with Gasteiger partial charge in [0.25, 0.3) is 0 Å². The number of nitrogens with one attached hydrogen (secondary N) is 1. The van der Waals surface area contributed by atoms with Crippen LogP contribution in [0.25, 0.3) is 0 Å². The van der Waals surface area contributed by atoms with Crippen molar-refractivity contribution in [1.29, 1.82) is 0 Å². The van der Waals surface area contributed by atoms with Crippen LogP contribution in [0.1, 0.15) is 18.9 Å². The Balaban J connectivity index is 2.36. The van der Waals surface area contributed by atoms with Crippen molar-refractivity contribution in [3.63, 3.8) is 0 Å². The number of nitrogen functional groups attached to an aromatic ring is 1. The molecule has 0 atom stereocenters. The smallest absolute Gasteiger partial charge is 0.236 e. The maximum absolute atomic E-state index is 11.3. The molecule has 0 saturated heterocycles. The van der Waals surface area contributed by atoms with Gasteiger partial charge in [-0.3, -0.25) is 9.59 Å². The molecule has 0 aliphatic carbocycles. The number of rotatable bonds is 4. The summed E-state index contributed by atoms with van der Waals surface area (Å²) >= 11 is 0. The van der Waals surface area contributed by atoms with Crippen molar-refractivity contribution in [1.82, 2.24) is 0 Å². The van der Waals surface area contributed by atoms with Gasteiger partial charge in [0.15, 0.2) is 0 Å². The Kier molecular flexibility index (Phi) is 3.59. The summed E-state index contributed by atoms with van der Waals surface area (Å²) in [6.45, 7) is 2.70. The van der Waals surface area contributed by atoms with Crippen LogP contribution in [0.3, 0.4) is 0 Å². The molecule has 6 heteroatoms. The van der Waals surface area contributed by atoms with E-state index in [1.165, 1.54) is 0 Å². The van der Waals surface area contributed by atoms with E-state index in [1.807, 2.05) is 17.9 Å². The Hall–Kier alpha value is -2.24. The van der Waals surface area contributed by atoms with E-state index in [-0.39, 0.29) is 12.5 Å². The molecule has 2 rings (SSSR count). The molecule has 1 aromatic carbocycles. The van der Waals surface area contributed by atoms with Gasteiger partial charge in [-0.05, 0) is 31.0 Å². The van der Waals surface area contributed by atoms with E-state index in [4.69, 9.17) is 11.5 Å². The van der Waals surface area contributed by atoms with Crippen molar-refractivity contribution in [3.05, 3.63) is 17.7 Å². The average molecular weight is 262 g/mol. The summed E-state index contributed by atoms with van der Waals surface area (Å²) in [4.78, 5) is 24.2. The Morgan fingerprint density at radius 2 is 2.16 bits per heavy atom. The zero-order valence-electron chi connectivity index (χ0n) is 10.9. The van der Waals surface area contributed by atoms with Crippen LogP contribution in [-0.4, -0.2) is 24.9 Å². The van der Waals surface area contributed by atoms with Crippen molar-refractivity contribution < 1.29 is 9.59 Å². The summed E-state index contributed by atoms with van der Waals surface area (Å²) in [5.41, 5.74) is 14.3. The lowest BCUT2D eigenvalue weighted by Gasteiger charge is -2.26. The number of benzene rings is 1. The first-order valence-electron chi connectivity index (χ1n) is 6.26. The molecule has 0 fully saturated rings. The van der Waals surface area contributed by atoms with E-state index in [0.717, 1.165) is 16.9 Å². The van der Waals surface area contributed by atoms with Crippen LogP contribution in [0, 0.1) is 0 Å². The second-order valence-electron chi connectivity index (χ2n) is 4.60. The van der Waals surface area contributed by atoms with Crippen molar-refractivity contribution in [2.45, 2.75) is 19.8 Å². The van der Waals surface area contributed by atoms with Gasteiger partial charge in [-0.2, -0.15) is 0 Å². The number of hydrogen-bond acceptors (Lipinski definition) is 4. The maximum Gasteiger partial charge on any atom is 0.236 e. The fourth-order valence-electron chi connectivity index (χ4n) is 2.26. The zero-order chi connectivity index (χ0) is 14.0. The number of likely N-dealkylation sites (N-methyl/N-ethyl adjacent to an activating group) is 1. The Morgan fingerprint density at radius 3 is 2.79 bits per heavy atom. The topological polar surface area (TPSA) is 101 Å². The second-order valence-corrected chi connectivity index (χ2v) is 4.60. The third-order valence-electron chi connectivity index (χ3n) is 3.22. The van der Waals surface area contributed by atoms with Gasteiger partial charge >= 0.3 is 0 Å². The number of anilines is 3. The highest BCUT2D eigenvalue weighted by Gasteiger charge is 2.19. The first-order valence-corrected chi connectivity index (χ1v) is 6.26. The quantitative estimate of drug-likeness (QED) is 0.686. The predicted molar refractivity (Wildman–Crippen MR) is 74.9 cm³/mol. The second kappa shape index (κ2) is 5.17. The van der Waals surface area contributed by atoms with Crippen LogP contribution in [0.5, 0.6) is 0 Å². The van der Waals surface area contributed by atoms with Crippen LogP contribution in [0.2, 0.25) is 0 Å². The molecule has 1 aliphatic rings. The Labute approximate surface area is 111 Å². The van der Waals surface area contributed by atoms with Gasteiger partial charge in [0, 0.05) is 18.7 Å². The van der Waals surface area contributed by atoms with E-state index in [2.05, 4.69) is 5.32 Å². The number of carbonyl (C=O) groups is 2. The number of hydrogen-bond donors (Lipinski definition) is 3. The maximum atomic E-state index is 11.3. The molecule has 0 bridgehead atoms. The monoisotopic (exact) mass is 262 g/mol. The van der Waals surface area contributed by atoms with Gasteiger partial charge in [0.05, 0.1) is 17.9 Å². The van der Waals surface area contributed by atoms with Crippen LogP contribution < -0.4 is 21.7 Å². The molecule has 0 spiro atoms. The van der Waals surface area contributed by atoms with E-state index in [9.17, 15) is 9.59 Å². The van der Waals surface area contributed by atoms with Gasteiger partial charge in [-0.15, -0.1) is 0 Å². The molecular weight excluding hydrogens is 244 g/mol. The molecule has 102 valence electrons. The summed E-state index contributed by atoms with van der Waals surface area (Å²) in [7, 11) is 0. The SMILES string of the molecule is CCN(CC(N)=O)c1cc2c(cc1N)NC(=O)CC2. The number of primary amides is 1. The summed E-state index contributed by atoms with van der Waals surface area (Å²) in [5, 5.41) is 2.80. The van der Waals surface area contributed by atoms with E-state index in [0.29, 0.717) is 25.1 Å². The molecule has 19 heavy (non-hydrogen) atoms. The Morgan fingerprint density at radius 1 is 1.42 bits per heavy atom. The molecule has 6 nitrogen and oxygen atoms in total. The van der Waals surface area contributed by atoms with Gasteiger partial charge in [0.2, 0.25) is 11.8 Å². The number of carbonyl (C=O) groups excluding carboxylic acids is 2. The summed E-state index contributed by atoms with van der Waals surface area (Å²) in [5.74, 6) is -0.392. The van der Waals surface area contributed by atoms with Crippen LogP contribution in [0.15, 0.2) is 12.1 Å². The highest BCUT2D eigenvalue weighted by Crippen LogP contribution is 2.33. The lowest BCUT2D eigenvalue weighted by molar-refractivity contribution is -0.117. The van der Waals surface area contributed by atoms with Crippen molar-refractivity contribution in [2.24, 2.45) is 5.73 Å². The lowest BCUT2D eigenvalue weighted by Crippen LogP contribution is -2.34. The van der Waals surface area contributed by atoms with Gasteiger partial charge in [-0.25, -0.2) is 0 Å². The lowest BCUT2D eigenvalue weighted by atomic mass is 10.0. The minimum Gasteiger partial charge on any atom is -0.397 e. The molecule has 1 heterocycles. The van der Waals surface area contributed by atoms with Crippen LogP contribution >= 0.6 is 0 Å². The molecule has 2 amide bonds. The average Bonchev–Trinajstić information content (AvgIpc) is 2.35. The van der Waals surface area contributed by atoms with Gasteiger partial charge < -0.3 is 21.7 Å². The number of fused-ring (bicyclic) bond motifs is 1. The van der Waals surface area contributed by atoms with Gasteiger partial charge in [0.1, 0.15) is 0 Å². The van der Waals surface area contributed by atoms with Crippen molar-refractivity contribution in [2.75, 3.05) is 29.0 Å². The number of amides is 2. The number of nitrogens with two attached hydrogens (primary N) is 2. The molecule has 0 aromatic heterocycles. The molecule has 0 radical (unpaired) electrons. The van der Waals surface area contributed by atoms with Crippen molar-refractivity contribution in [3.8, 4) is 0 Å². The highest BCUT2D eigenvalue weighted by molar-refractivity contribution is 5.96. The highest BCUT2D eigenvalue weighted by atomic mass is 16.2. The largest absolute Gasteiger partial charge is 0.397 e. The first-order chi connectivity index (χ1) is 9.01. The molecule has 0 saturated carbocycles. The fraction of sp³-hybridized carbons (Fsp3) is 0.385. The third kappa shape index (κ3) is 2.78. The summed E-state index contributed by atoms with van der Waals surface area (Å²) in [6, 6.07) is 3.67. The van der Waals surface area contributed by atoms with Crippen molar-refractivity contribution >= 4 is 28.9 Å². The molecule has 5 N–H and O–H groups in total. The molecule has 1 aromatic rings. The van der Waals surface area contributed by atoms with Crippen LogP contribution in [0.4, 0.5) is 17.1 Å². The van der Waals surface area contributed by atoms with Crippen LogP contribution in [-0.2, 0) is 16.0 Å². The number of aryl methyl sites for hydroxylation is 1. The molecule has 0 unspecified atom stereocenters. The standard InChI is InChI=1S/C13H18N4O2/c1-2-17(7-12(15)18)11-5-8-3-4-13(19)16-10(8)6-9(11)14/h5-6H,2-4,7,14H2,1H3,(H2,15,18)(H,16,19). The first kappa shape index (κ1) is 13.2. The molecular formula is C13H18N4O2. The number of nitrogens with zero attached hydrogens (tertiary/aromatic N) is 1. The van der Waals surface area contributed by atoms with Gasteiger partial charge in [-0.1, -0.05) is 0 Å². The summed E-state index contributed by atoms with van der Waals surface area (Å²) in [6.07, 6.45) is 1.15. The fourth-order valence-corrected chi connectivity index (χ4v) is 2.26. The zero-order valence-corrected chi connectivity index (χ0v) is 10.9. The predicted octanol–water partition coefficient (Wildman–Crippen LogP) is 0.465. The van der Waals surface area contributed by atoms with E-state index < -0.39 is 5.91 Å². The molecule has 1 aliphatic heterocycles. The normalized spacial score (nSPS) is 13.6. The third-order valence-corrected chi connectivity index (χ3v) is 3.22. The Bertz CT molecular complexity index is 528. The minimum atomic E-state index is -0.396.